The van der Waals surface area contributed by atoms with E-state index in [2.05, 4.69) is 138 Å². The van der Waals surface area contributed by atoms with Gasteiger partial charge in [-0.3, -0.25) is 0 Å². The lowest BCUT2D eigenvalue weighted by molar-refractivity contribution is 0.669. The molecule has 0 N–H and O–H groups in total. The summed E-state index contributed by atoms with van der Waals surface area (Å²) in [4.78, 5) is 2.26. The minimum Gasteiger partial charge on any atom is -0.456 e. The van der Waals surface area contributed by atoms with E-state index >= 15 is 0 Å². The fourth-order valence-electron chi connectivity index (χ4n) is 6.46. The van der Waals surface area contributed by atoms with Gasteiger partial charge in [-0.1, -0.05) is 91.0 Å². The minimum atomic E-state index is 0.855. The van der Waals surface area contributed by atoms with Crippen LogP contribution in [0.3, 0.4) is 0 Å². The second-order valence-electron chi connectivity index (χ2n) is 10.9. The molecule has 3 heteroatoms. The first kappa shape index (κ1) is 23.9. The second-order valence-corrected chi connectivity index (χ2v) is 10.9. The van der Waals surface area contributed by atoms with E-state index < -0.39 is 0 Å². The molecule has 0 saturated carbocycles. The summed E-state index contributed by atoms with van der Waals surface area (Å²) in [5.74, 6) is 0. The van der Waals surface area contributed by atoms with Crippen molar-refractivity contribution in [2.45, 2.75) is 0 Å². The van der Waals surface area contributed by atoms with Crippen molar-refractivity contribution >= 4 is 71.7 Å². The molecule has 2 heterocycles. The first-order valence-corrected chi connectivity index (χ1v) is 14.5. The van der Waals surface area contributed by atoms with Gasteiger partial charge in [0, 0.05) is 56.1 Å². The van der Waals surface area contributed by atoms with Crippen LogP contribution in [-0.4, -0.2) is 0 Å². The highest BCUT2D eigenvalue weighted by Gasteiger charge is 2.19. The Kier molecular flexibility index (Phi) is 5.20. The van der Waals surface area contributed by atoms with E-state index in [0.717, 1.165) is 66.3 Å². The van der Waals surface area contributed by atoms with Crippen molar-refractivity contribution in [1.29, 1.82) is 0 Å². The van der Waals surface area contributed by atoms with Gasteiger partial charge in [-0.2, -0.15) is 0 Å². The Labute approximate surface area is 247 Å². The van der Waals surface area contributed by atoms with Crippen molar-refractivity contribution < 1.29 is 8.83 Å². The molecule has 0 bridgehead atoms. The normalized spacial score (nSPS) is 11.7. The maximum absolute atomic E-state index is 6.68. The van der Waals surface area contributed by atoms with Gasteiger partial charge in [0.05, 0.1) is 0 Å². The maximum atomic E-state index is 6.68. The molecule has 0 unspecified atom stereocenters. The van der Waals surface area contributed by atoms with Crippen molar-refractivity contribution in [3.05, 3.63) is 152 Å². The van der Waals surface area contributed by atoms with Crippen molar-refractivity contribution in [3.63, 3.8) is 0 Å². The van der Waals surface area contributed by atoms with E-state index in [9.17, 15) is 0 Å². The van der Waals surface area contributed by atoms with Crippen molar-refractivity contribution in [1.82, 2.24) is 0 Å². The molecular weight excluding hydrogens is 526 g/mol. The third kappa shape index (κ3) is 3.75. The van der Waals surface area contributed by atoms with Gasteiger partial charge in [0.1, 0.15) is 22.3 Å². The van der Waals surface area contributed by atoms with Gasteiger partial charge >= 0.3 is 0 Å². The lowest BCUT2D eigenvalue weighted by Gasteiger charge is -2.25. The number of para-hydroxylation sites is 2. The van der Waals surface area contributed by atoms with Crippen molar-refractivity contribution in [2.75, 3.05) is 4.90 Å². The molecule has 9 aromatic rings. The molecule has 0 aliphatic carbocycles. The summed E-state index contributed by atoms with van der Waals surface area (Å²) in [6.07, 6.45) is 0. The SMILES string of the molecule is c1ccc(-c2cc3c4ccc(N(c5ccccc5)c5ccc6c(c5)oc5ccccc56)cc4oc3c3ccccc23)cc1. The third-order valence-corrected chi connectivity index (χ3v) is 8.44. The van der Waals surface area contributed by atoms with Crippen LogP contribution in [-0.2, 0) is 0 Å². The molecule has 43 heavy (non-hydrogen) atoms. The largest absolute Gasteiger partial charge is 0.456 e. The molecule has 0 spiro atoms. The van der Waals surface area contributed by atoms with Crippen LogP contribution in [0.15, 0.2) is 160 Å². The topological polar surface area (TPSA) is 29.5 Å². The molecule has 3 nitrogen and oxygen atoms in total. The van der Waals surface area contributed by atoms with Crippen LogP contribution in [0.25, 0.3) is 65.8 Å². The van der Waals surface area contributed by atoms with Crippen molar-refractivity contribution in [2.24, 2.45) is 0 Å². The summed E-state index contributed by atoms with van der Waals surface area (Å²) < 4.78 is 13.0. The average Bonchev–Trinajstić information content (AvgIpc) is 3.63. The highest BCUT2D eigenvalue weighted by molar-refractivity contribution is 6.19. The number of rotatable bonds is 4. The van der Waals surface area contributed by atoms with Gasteiger partial charge in [-0.15, -0.1) is 0 Å². The van der Waals surface area contributed by atoms with E-state index in [-0.39, 0.29) is 0 Å². The summed E-state index contributed by atoms with van der Waals surface area (Å²) in [5.41, 5.74) is 9.03. The molecule has 2 aromatic heterocycles. The Balaban J connectivity index is 1.26. The fourth-order valence-corrected chi connectivity index (χ4v) is 6.46. The van der Waals surface area contributed by atoms with Gasteiger partial charge in [0.15, 0.2) is 0 Å². The van der Waals surface area contributed by atoms with E-state index in [4.69, 9.17) is 8.83 Å². The highest BCUT2D eigenvalue weighted by atomic mass is 16.3. The van der Waals surface area contributed by atoms with Gasteiger partial charge in [0.2, 0.25) is 0 Å². The summed E-state index contributed by atoms with van der Waals surface area (Å²) >= 11 is 0. The maximum Gasteiger partial charge on any atom is 0.143 e. The summed E-state index contributed by atoms with van der Waals surface area (Å²) in [7, 11) is 0. The quantitative estimate of drug-likeness (QED) is 0.218. The molecule has 0 fully saturated rings. The summed E-state index contributed by atoms with van der Waals surface area (Å²) in [5, 5.41) is 6.76. The lowest BCUT2D eigenvalue weighted by atomic mass is 9.95. The van der Waals surface area contributed by atoms with Gasteiger partial charge in [-0.25, -0.2) is 0 Å². The summed E-state index contributed by atoms with van der Waals surface area (Å²) in [6, 6.07) is 53.0. The van der Waals surface area contributed by atoms with Crippen LogP contribution in [0.4, 0.5) is 17.1 Å². The van der Waals surface area contributed by atoms with Crippen LogP contribution < -0.4 is 4.90 Å². The standard InChI is InChI=1S/C40H25NO2/c1-3-11-26(12-4-1)35-25-36-33-22-20-29(24-39(33)43-40(36)34-17-8-7-15-30(34)35)41(27-13-5-2-6-14-27)28-19-21-32-31-16-9-10-18-37(31)42-38(32)23-28/h1-25H. The predicted molar refractivity (Wildman–Crippen MR) is 179 cm³/mol. The first-order valence-electron chi connectivity index (χ1n) is 14.5. The number of fused-ring (bicyclic) bond motifs is 8. The molecular formula is C40H25NO2. The molecule has 0 saturated heterocycles. The molecule has 0 radical (unpaired) electrons. The molecule has 202 valence electrons. The van der Waals surface area contributed by atoms with E-state index in [1.54, 1.807) is 0 Å². The van der Waals surface area contributed by atoms with Gasteiger partial charge < -0.3 is 13.7 Å². The van der Waals surface area contributed by atoms with Crippen LogP contribution in [0.1, 0.15) is 0 Å². The molecule has 0 aliphatic rings. The zero-order valence-corrected chi connectivity index (χ0v) is 23.2. The monoisotopic (exact) mass is 551 g/mol. The number of furan rings is 2. The first-order chi connectivity index (χ1) is 21.3. The molecule has 0 aliphatic heterocycles. The fraction of sp³-hybridized carbons (Fsp3) is 0. The zero-order valence-electron chi connectivity index (χ0n) is 23.2. The molecule has 0 atom stereocenters. The van der Waals surface area contributed by atoms with Gasteiger partial charge in [0.25, 0.3) is 0 Å². The van der Waals surface area contributed by atoms with E-state index in [0.29, 0.717) is 0 Å². The van der Waals surface area contributed by atoms with Crippen molar-refractivity contribution in [3.8, 4) is 11.1 Å². The molecule has 0 amide bonds. The minimum absolute atomic E-state index is 0.855. The number of benzene rings is 7. The Hall–Kier alpha value is -5.80. The Morgan fingerprint density at radius 3 is 1.65 bits per heavy atom. The lowest BCUT2D eigenvalue weighted by Crippen LogP contribution is -2.09. The Morgan fingerprint density at radius 1 is 0.349 bits per heavy atom. The Bertz CT molecular complexity index is 2450. The van der Waals surface area contributed by atoms with Gasteiger partial charge in [-0.05, 0) is 65.0 Å². The van der Waals surface area contributed by atoms with Crippen LogP contribution in [0, 0.1) is 0 Å². The summed E-state index contributed by atoms with van der Waals surface area (Å²) in [6.45, 7) is 0. The number of hydrogen-bond donors (Lipinski definition) is 0. The van der Waals surface area contributed by atoms with Crippen LogP contribution >= 0.6 is 0 Å². The molecule has 7 aromatic carbocycles. The average molecular weight is 552 g/mol. The highest BCUT2D eigenvalue weighted by Crippen LogP contribution is 2.43. The smallest absolute Gasteiger partial charge is 0.143 e. The van der Waals surface area contributed by atoms with E-state index in [1.807, 2.05) is 18.2 Å². The third-order valence-electron chi connectivity index (χ3n) is 8.44. The number of hydrogen-bond acceptors (Lipinski definition) is 3. The predicted octanol–water partition coefficient (Wildman–Crippen LogP) is 11.8. The van der Waals surface area contributed by atoms with Crippen LogP contribution in [0.5, 0.6) is 0 Å². The van der Waals surface area contributed by atoms with E-state index in [1.165, 1.54) is 16.5 Å². The Morgan fingerprint density at radius 2 is 0.907 bits per heavy atom. The van der Waals surface area contributed by atoms with Crippen LogP contribution in [0.2, 0.25) is 0 Å². The molecule has 9 rings (SSSR count). The number of nitrogens with zero attached hydrogens (tertiary/aromatic N) is 1. The number of anilines is 3. The zero-order chi connectivity index (χ0) is 28.3. The second kappa shape index (κ2) is 9.37.